The molecule has 2 heterocycles. The molecule has 1 aliphatic heterocycles. The zero-order valence-corrected chi connectivity index (χ0v) is 12.7. The van der Waals surface area contributed by atoms with Crippen molar-refractivity contribution in [3.63, 3.8) is 0 Å². The Bertz CT molecular complexity index is 341. The summed E-state index contributed by atoms with van der Waals surface area (Å²) in [5.74, 6) is 0. The number of nitrogens with zero attached hydrogens (tertiary/aromatic N) is 1. The van der Waals surface area contributed by atoms with Crippen LogP contribution in [-0.2, 0) is 0 Å². The van der Waals surface area contributed by atoms with Crippen molar-refractivity contribution in [2.24, 2.45) is 5.41 Å². The van der Waals surface area contributed by atoms with E-state index in [1.165, 1.54) is 43.8 Å². The van der Waals surface area contributed by atoms with Gasteiger partial charge in [-0.15, -0.1) is 11.3 Å². The van der Waals surface area contributed by atoms with E-state index < -0.39 is 0 Å². The lowest BCUT2D eigenvalue weighted by atomic mass is 9.82. The van der Waals surface area contributed by atoms with Crippen LogP contribution in [0.5, 0.6) is 0 Å². The highest BCUT2D eigenvalue weighted by atomic mass is 32.1. The summed E-state index contributed by atoms with van der Waals surface area (Å²) < 4.78 is 0. The molecule has 102 valence electrons. The maximum Gasteiger partial charge on any atom is 0.0410 e. The Labute approximate surface area is 115 Å². The summed E-state index contributed by atoms with van der Waals surface area (Å²) in [5.41, 5.74) is 0.509. The first-order chi connectivity index (χ1) is 8.67. The Kier molecular flexibility index (Phi) is 4.82. The molecule has 1 N–H and O–H groups in total. The van der Waals surface area contributed by atoms with E-state index in [1.54, 1.807) is 0 Å². The number of thiophene rings is 1. The highest BCUT2D eigenvalue weighted by Crippen LogP contribution is 2.34. The van der Waals surface area contributed by atoms with Gasteiger partial charge in [0.15, 0.2) is 0 Å². The van der Waals surface area contributed by atoms with E-state index in [0.29, 0.717) is 11.5 Å². The van der Waals surface area contributed by atoms with Gasteiger partial charge in [0.2, 0.25) is 0 Å². The first-order valence-corrected chi connectivity index (χ1v) is 7.99. The molecule has 1 aromatic heterocycles. The van der Waals surface area contributed by atoms with Crippen molar-refractivity contribution < 1.29 is 0 Å². The minimum Gasteiger partial charge on any atom is -0.316 e. The van der Waals surface area contributed by atoms with Crippen LogP contribution in [-0.4, -0.2) is 31.6 Å². The Morgan fingerprint density at radius 2 is 2.39 bits per heavy atom. The molecular formula is C15H26N2S. The zero-order valence-electron chi connectivity index (χ0n) is 11.9. The van der Waals surface area contributed by atoms with Crippen LogP contribution in [0.2, 0.25) is 0 Å². The van der Waals surface area contributed by atoms with E-state index >= 15 is 0 Å². The average Bonchev–Trinajstić information content (AvgIpc) is 2.99. The fraction of sp³-hybridized carbons (Fsp3) is 0.733. The molecule has 18 heavy (non-hydrogen) atoms. The van der Waals surface area contributed by atoms with E-state index in [0.717, 1.165) is 0 Å². The molecule has 2 atom stereocenters. The van der Waals surface area contributed by atoms with E-state index in [9.17, 15) is 0 Å². The van der Waals surface area contributed by atoms with Gasteiger partial charge in [0, 0.05) is 24.0 Å². The van der Waals surface area contributed by atoms with Gasteiger partial charge in [-0.2, -0.15) is 0 Å². The minimum atomic E-state index is 0.509. The van der Waals surface area contributed by atoms with E-state index in [1.807, 2.05) is 11.3 Å². The topological polar surface area (TPSA) is 15.3 Å². The molecular weight excluding hydrogens is 240 g/mol. The molecule has 0 saturated carbocycles. The monoisotopic (exact) mass is 266 g/mol. The van der Waals surface area contributed by atoms with Crippen LogP contribution >= 0.6 is 11.3 Å². The fourth-order valence-electron chi connectivity index (χ4n) is 3.17. The SMILES string of the molecule is CCCC1(CN(C)C(C)c2cccs2)CCNC1. The van der Waals surface area contributed by atoms with Crippen molar-refractivity contribution in [2.45, 2.75) is 39.2 Å². The van der Waals surface area contributed by atoms with Crippen molar-refractivity contribution in [3.8, 4) is 0 Å². The Morgan fingerprint density at radius 1 is 1.56 bits per heavy atom. The highest BCUT2D eigenvalue weighted by Gasteiger charge is 2.34. The van der Waals surface area contributed by atoms with Gasteiger partial charge < -0.3 is 5.32 Å². The van der Waals surface area contributed by atoms with Gasteiger partial charge in [0.1, 0.15) is 0 Å². The fourth-order valence-corrected chi connectivity index (χ4v) is 4.01. The summed E-state index contributed by atoms with van der Waals surface area (Å²) in [4.78, 5) is 4.02. The molecule has 0 spiro atoms. The normalized spacial score (nSPS) is 25.8. The predicted octanol–water partition coefficient (Wildman–Crippen LogP) is 3.52. The standard InChI is InChI=1S/C15H26N2S/c1-4-7-15(8-9-16-11-15)12-17(3)13(2)14-6-5-10-18-14/h5-6,10,13,16H,4,7-9,11-12H2,1-3H3. The van der Waals surface area contributed by atoms with Crippen LogP contribution < -0.4 is 5.32 Å². The highest BCUT2D eigenvalue weighted by molar-refractivity contribution is 7.10. The number of rotatable bonds is 6. The van der Waals surface area contributed by atoms with Crippen LogP contribution in [0, 0.1) is 5.41 Å². The molecule has 0 amide bonds. The van der Waals surface area contributed by atoms with Crippen LogP contribution in [0.4, 0.5) is 0 Å². The molecule has 1 saturated heterocycles. The third-order valence-corrected chi connectivity index (χ3v) is 5.36. The second-order valence-corrected chi connectivity index (χ2v) is 6.76. The Hall–Kier alpha value is -0.380. The smallest absolute Gasteiger partial charge is 0.0410 e. The van der Waals surface area contributed by atoms with E-state index in [2.05, 4.69) is 48.6 Å². The molecule has 3 heteroatoms. The lowest BCUT2D eigenvalue weighted by Gasteiger charge is -2.35. The summed E-state index contributed by atoms with van der Waals surface area (Å²) in [6.45, 7) is 8.24. The summed E-state index contributed by atoms with van der Waals surface area (Å²) in [6, 6.07) is 4.95. The number of hydrogen-bond donors (Lipinski definition) is 1. The summed E-state index contributed by atoms with van der Waals surface area (Å²) >= 11 is 1.87. The van der Waals surface area contributed by atoms with Crippen molar-refractivity contribution in [1.82, 2.24) is 10.2 Å². The minimum absolute atomic E-state index is 0.509. The Balaban J connectivity index is 1.98. The molecule has 1 aromatic rings. The summed E-state index contributed by atoms with van der Waals surface area (Å²) in [5, 5.41) is 5.73. The third-order valence-electron chi connectivity index (χ3n) is 4.31. The Morgan fingerprint density at radius 3 is 2.94 bits per heavy atom. The van der Waals surface area contributed by atoms with Crippen molar-refractivity contribution in [1.29, 1.82) is 0 Å². The molecule has 1 aliphatic rings. The van der Waals surface area contributed by atoms with E-state index in [4.69, 9.17) is 0 Å². The first kappa shape index (κ1) is 14.0. The van der Waals surface area contributed by atoms with Gasteiger partial charge >= 0.3 is 0 Å². The van der Waals surface area contributed by atoms with Crippen molar-refractivity contribution >= 4 is 11.3 Å². The molecule has 2 unspecified atom stereocenters. The average molecular weight is 266 g/mol. The van der Waals surface area contributed by atoms with Gasteiger partial charge in [0.05, 0.1) is 0 Å². The largest absolute Gasteiger partial charge is 0.316 e. The van der Waals surface area contributed by atoms with Gasteiger partial charge in [0.25, 0.3) is 0 Å². The zero-order chi connectivity index (χ0) is 13.0. The third kappa shape index (κ3) is 3.14. The second-order valence-electron chi connectivity index (χ2n) is 5.78. The molecule has 0 aromatic carbocycles. The molecule has 2 rings (SSSR count). The molecule has 1 fully saturated rings. The maximum absolute atomic E-state index is 3.55. The molecule has 0 bridgehead atoms. The quantitative estimate of drug-likeness (QED) is 0.847. The van der Waals surface area contributed by atoms with Crippen molar-refractivity contribution in [3.05, 3.63) is 22.4 Å². The summed E-state index contributed by atoms with van der Waals surface area (Å²) in [6.07, 6.45) is 3.98. The van der Waals surface area contributed by atoms with Gasteiger partial charge in [-0.1, -0.05) is 19.4 Å². The van der Waals surface area contributed by atoms with Crippen LogP contribution in [0.1, 0.15) is 44.0 Å². The second kappa shape index (κ2) is 6.18. The summed E-state index contributed by atoms with van der Waals surface area (Å²) in [7, 11) is 2.28. The van der Waals surface area contributed by atoms with Crippen LogP contribution in [0.3, 0.4) is 0 Å². The lowest BCUT2D eigenvalue weighted by molar-refractivity contribution is 0.146. The molecule has 0 radical (unpaired) electrons. The lowest BCUT2D eigenvalue weighted by Crippen LogP contribution is -2.38. The maximum atomic E-state index is 3.55. The first-order valence-electron chi connectivity index (χ1n) is 7.11. The van der Waals surface area contributed by atoms with Gasteiger partial charge in [-0.05, 0) is 50.2 Å². The predicted molar refractivity (Wildman–Crippen MR) is 80.2 cm³/mol. The van der Waals surface area contributed by atoms with Gasteiger partial charge in [-0.3, -0.25) is 4.90 Å². The van der Waals surface area contributed by atoms with Crippen LogP contribution in [0.15, 0.2) is 17.5 Å². The molecule has 2 nitrogen and oxygen atoms in total. The van der Waals surface area contributed by atoms with Crippen LogP contribution in [0.25, 0.3) is 0 Å². The van der Waals surface area contributed by atoms with E-state index in [-0.39, 0.29) is 0 Å². The van der Waals surface area contributed by atoms with Crippen molar-refractivity contribution in [2.75, 3.05) is 26.7 Å². The number of hydrogen-bond acceptors (Lipinski definition) is 3. The van der Waals surface area contributed by atoms with Gasteiger partial charge in [-0.25, -0.2) is 0 Å². The number of nitrogens with one attached hydrogen (secondary N) is 1. The molecule has 0 aliphatic carbocycles.